The fourth-order valence-corrected chi connectivity index (χ4v) is 4.39. The van der Waals surface area contributed by atoms with Crippen LogP contribution in [0.25, 0.3) is 0 Å². The Bertz CT molecular complexity index is 718. The van der Waals surface area contributed by atoms with Gasteiger partial charge in [-0.1, -0.05) is 0 Å². The minimum absolute atomic E-state index is 0.192. The largest absolute Gasteiger partial charge is 0.365 e. The number of nitrogens with two attached hydrogens (primary N) is 1. The highest BCUT2D eigenvalue weighted by atomic mass is 32.1. The monoisotopic (exact) mass is 321 g/mol. The number of amides is 2. The maximum absolute atomic E-state index is 12.3. The fourth-order valence-electron chi connectivity index (χ4n) is 2.40. The molecule has 2 aromatic heterocycles. The smallest absolute Gasteiger partial charge is 0.266 e. The summed E-state index contributed by atoms with van der Waals surface area (Å²) in [5.41, 5.74) is 6.95. The molecule has 1 aliphatic heterocycles. The lowest BCUT2D eigenvalue weighted by atomic mass is 10.0. The molecule has 0 bridgehead atoms. The SMILES string of the molecule is Cc1ccc(C(=O)Nc2sc3c(c2C(N)=O)CCNC3)s1. The van der Waals surface area contributed by atoms with Crippen molar-refractivity contribution in [2.45, 2.75) is 19.9 Å². The van der Waals surface area contributed by atoms with Gasteiger partial charge in [0.05, 0.1) is 10.4 Å². The number of fused-ring (bicyclic) bond motifs is 1. The van der Waals surface area contributed by atoms with Crippen LogP contribution >= 0.6 is 22.7 Å². The molecule has 0 aromatic carbocycles. The van der Waals surface area contributed by atoms with Crippen LogP contribution in [-0.2, 0) is 13.0 Å². The first-order valence-corrected chi connectivity index (χ1v) is 8.22. The van der Waals surface area contributed by atoms with Crippen molar-refractivity contribution in [2.75, 3.05) is 11.9 Å². The van der Waals surface area contributed by atoms with Gasteiger partial charge in [0.2, 0.25) is 0 Å². The lowest BCUT2D eigenvalue weighted by Gasteiger charge is -2.12. The molecule has 3 heterocycles. The van der Waals surface area contributed by atoms with E-state index in [0.717, 1.165) is 28.3 Å². The normalized spacial score (nSPS) is 13.8. The van der Waals surface area contributed by atoms with Gasteiger partial charge in [-0.05, 0) is 37.6 Å². The number of carbonyl (C=O) groups excluding carboxylic acids is 2. The van der Waals surface area contributed by atoms with Crippen LogP contribution in [0.5, 0.6) is 0 Å². The Morgan fingerprint density at radius 2 is 2.14 bits per heavy atom. The molecule has 0 saturated carbocycles. The summed E-state index contributed by atoms with van der Waals surface area (Å²) in [4.78, 5) is 26.8. The fraction of sp³-hybridized carbons (Fsp3) is 0.286. The highest BCUT2D eigenvalue weighted by Crippen LogP contribution is 2.35. The van der Waals surface area contributed by atoms with Crippen molar-refractivity contribution < 1.29 is 9.59 Å². The second-order valence-electron chi connectivity index (χ2n) is 4.86. The summed E-state index contributed by atoms with van der Waals surface area (Å²) in [5, 5.41) is 6.66. The van der Waals surface area contributed by atoms with Crippen LogP contribution in [0, 0.1) is 6.92 Å². The molecule has 0 unspecified atom stereocenters. The predicted molar refractivity (Wildman–Crippen MR) is 85.3 cm³/mol. The van der Waals surface area contributed by atoms with Gasteiger partial charge in [-0.3, -0.25) is 9.59 Å². The third-order valence-electron chi connectivity index (χ3n) is 3.37. The Morgan fingerprint density at radius 1 is 1.33 bits per heavy atom. The number of rotatable bonds is 3. The number of hydrogen-bond donors (Lipinski definition) is 3. The van der Waals surface area contributed by atoms with E-state index in [9.17, 15) is 9.59 Å². The minimum Gasteiger partial charge on any atom is -0.365 e. The number of thiophene rings is 2. The van der Waals surface area contributed by atoms with E-state index in [2.05, 4.69) is 10.6 Å². The third kappa shape index (κ3) is 2.72. The van der Waals surface area contributed by atoms with Gasteiger partial charge in [-0.15, -0.1) is 22.7 Å². The number of aryl methyl sites for hydroxylation is 1. The lowest BCUT2D eigenvalue weighted by molar-refractivity contribution is 0.100. The summed E-state index contributed by atoms with van der Waals surface area (Å²) in [5.74, 6) is -0.672. The Morgan fingerprint density at radius 3 is 2.81 bits per heavy atom. The quantitative estimate of drug-likeness (QED) is 0.809. The van der Waals surface area contributed by atoms with Gasteiger partial charge in [0.25, 0.3) is 11.8 Å². The van der Waals surface area contributed by atoms with E-state index >= 15 is 0 Å². The Kier molecular flexibility index (Phi) is 3.79. The van der Waals surface area contributed by atoms with Crippen LogP contribution < -0.4 is 16.4 Å². The predicted octanol–water partition coefficient (Wildman–Crippen LogP) is 2.11. The van der Waals surface area contributed by atoms with Crippen LogP contribution in [0.3, 0.4) is 0 Å². The molecular formula is C14H15N3O2S2. The molecule has 0 aliphatic carbocycles. The molecule has 5 nitrogen and oxygen atoms in total. The van der Waals surface area contributed by atoms with Crippen molar-refractivity contribution in [3.05, 3.63) is 37.9 Å². The molecule has 0 spiro atoms. The second-order valence-corrected chi connectivity index (χ2v) is 7.26. The first-order chi connectivity index (χ1) is 10.1. The second kappa shape index (κ2) is 5.59. The van der Waals surface area contributed by atoms with Crippen LogP contribution in [0.1, 0.15) is 35.3 Å². The maximum Gasteiger partial charge on any atom is 0.266 e. The summed E-state index contributed by atoms with van der Waals surface area (Å²) >= 11 is 2.86. The van der Waals surface area contributed by atoms with Gasteiger partial charge < -0.3 is 16.4 Å². The summed E-state index contributed by atoms with van der Waals surface area (Å²) in [6.45, 7) is 3.49. The van der Waals surface area contributed by atoms with E-state index in [1.54, 1.807) is 6.07 Å². The number of hydrogen-bond acceptors (Lipinski definition) is 5. The van der Waals surface area contributed by atoms with Crippen LogP contribution in [-0.4, -0.2) is 18.4 Å². The first kappa shape index (κ1) is 14.2. The van der Waals surface area contributed by atoms with Crippen molar-refractivity contribution in [2.24, 2.45) is 5.73 Å². The van der Waals surface area contributed by atoms with Crippen LogP contribution in [0.2, 0.25) is 0 Å². The average molecular weight is 321 g/mol. The summed E-state index contributed by atoms with van der Waals surface area (Å²) < 4.78 is 0. The maximum atomic E-state index is 12.3. The van der Waals surface area contributed by atoms with Crippen LogP contribution in [0.15, 0.2) is 12.1 Å². The molecule has 0 radical (unpaired) electrons. The zero-order valence-electron chi connectivity index (χ0n) is 11.5. The molecule has 2 aromatic rings. The standard InChI is InChI=1S/C14H15N3O2S2/c1-7-2-3-9(20-7)13(19)17-14-11(12(15)18)8-4-5-16-6-10(8)21-14/h2-3,16H,4-6H2,1H3,(H2,15,18)(H,17,19). The number of carbonyl (C=O) groups is 2. The van der Waals surface area contributed by atoms with Gasteiger partial charge in [-0.2, -0.15) is 0 Å². The average Bonchev–Trinajstić information content (AvgIpc) is 3.01. The zero-order chi connectivity index (χ0) is 15.0. The molecule has 3 rings (SSSR count). The topological polar surface area (TPSA) is 84.2 Å². The number of anilines is 1. The number of nitrogens with one attached hydrogen (secondary N) is 2. The third-order valence-corrected chi connectivity index (χ3v) is 5.51. The van der Waals surface area contributed by atoms with Gasteiger partial charge in [-0.25, -0.2) is 0 Å². The van der Waals surface area contributed by atoms with Crippen molar-refractivity contribution in [1.82, 2.24) is 5.32 Å². The molecule has 0 saturated heterocycles. The molecule has 4 N–H and O–H groups in total. The van der Waals surface area contributed by atoms with Gasteiger partial charge >= 0.3 is 0 Å². The molecule has 0 atom stereocenters. The first-order valence-electron chi connectivity index (χ1n) is 6.59. The summed E-state index contributed by atoms with van der Waals surface area (Å²) in [6.07, 6.45) is 0.762. The van der Waals surface area contributed by atoms with Gasteiger partial charge in [0, 0.05) is 16.3 Å². The summed E-state index contributed by atoms with van der Waals surface area (Å²) in [6, 6.07) is 3.69. The van der Waals surface area contributed by atoms with E-state index in [-0.39, 0.29) is 5.91 Å². The van der Waals surface area contributed by atoms with Crippen molar-refractivity contribution in [3.8, 4) is 0 Å². The van der Waals surface area contributed by atoms with Crippen molar-refractivity contribution in [3.63, 3.8) is 0 Å². The summed E-state index contributed by atoms with van der Waals surface area (Å²) in [7, 11) is 0. The molecule has 21 heavy (non-hydrogen) atoms. The van der Waals surface area contributed by atoms with E-state index in [0.29, 0.717) is 22.0 Å². The van der Waals surface area contributed by atoms with E-state index in [1.165, 1.54) is 22.7 Å². The van der Waals surface area contributed by atoms with Gasteiger partial charge in [0.15, 0.2) is 0 Å². The Labute approximate surface area is 130 Å². The van der Waals surface area contributed by atoms with E-state index in [1.807, 2.05) is 13.0 Å². The Balaban J connectivity index is 1.93. The highest BCUT2D eigenvalue weighted by Gasteiger charge is 2.25. The van der Waals surface area contributed by atoms with Crippen LogP contribution in [0.4, 0.5) is 5.00 Å². The zero-order valence-corrected chi connectivity index (χ0v) is 13.1. The minimum atomic E-state index is -0.480. The lowest BCUT2D eigenvalue weighted by Crippen LogP contribution is -2.24. The molecule has 2 amide bonds. The molecule has 110 valence electrons. The molecule has 0 fully saturated rings. The Hall–Kier alpha value is -1.70. The van der Waals surface area contributed by atoms with Crippen molar-refractivity contribution >= 4 is 39.5 Å². The van der Waals surface area contributed by atoms with Crippen molar-refractivity contribution in [1.29, 1.82) is 0 Å². The highest BCUT2D eigenvalue weighted by molar-refractivity contribution is 7.17. The van der Waals surface area contributed by atoms with E-state index < -0.39 is 5.91 Å². The molecular weight excluding hydrogens is 306 g/mol. The van der Waals surface area contributed by atoms with E-state index in [4.69, 9.17) is 5.73 Å². The number of primary amides is 1. The molecule has 7 heteroatoms. The van der Waals surface area contributed by atoms with Gasteiger partial charge in [0.1, 0.15) is 5.00 Å². The molecule has 1 aliphatic rings.